The third-order valence-corrected chi connectivity index (χ3v) is 5.13. The van der Waals surface area contributed by atoms with E-state index in [1.54, 1.807) is 13.3 Å². The number of nitrogens with zero attached hydrogens (tertiary/aromatic N) is 2. The van der Waals surface area contributed by atoms with Crippen molar-refractivity contribution in [1.82, 2.24) is 14.9 Å². The van der Waals surface area contributed by atoms with Crippen LogP contribution >= 0.6 is 12.4 Å². The summed E-state index contributed by atoms with van der Waals surface area (Å²) in [5.74, 6) is 1.65. The predicted molar refractivity (Wildman–Crippen MR) is 125 cm³/mol. The molecule has 3 atom stereocenters. The number of hydrogen-bond donors (Lipinski definition) is 2. The third kappa shape index (κ3) is 6.80. The maximum Gasteiger partial charge on any atom is 0.130 e. The van der Waals surface area contributed by atoms with Crippen LogP contribution in [-0.4, -0.2) is 41.0 Å². The number of aliphatic hydroxyl groups is 1. The van der Waals surface area contributed by atoms with Crippen LogP contribution in [0.25, 0.3) is 0 Å². The van der Waals surface area contributed by atoms with Crippen LogP contribution in [-0.2, 0) is 11.8 Å². The predicted octanol–water partition coefficient (Wildman–Crippen LogP) is 4.06. The van der Waals surface area contributed by atoms with E-state index in [4.69, 9.17) is 9.47 Å². The largest absolute Gasteiger partial charge is 0.497 e. The summed E-state index contributed by atoms with van der Waals surface area (Å²) in [5, 5.41) is 14.0. The zero-order chi connectivity index (χ0) is 21.3. The van der Waals surface area contributed by atoms with Crippen molar-refractivity contribution in [3.05, 3.63) is 83.9 Å². The van der Waals surface area contributed by atoms with Gasteiger partial charge in [0.1, 0.15) is 11.6 Å². The molecule has 0 aliphatic heterocycles. The van der Waals surface area contributed by atoms with E-state index in [2.05, 4.69) is 29.4 Å². The molecule has 0 aliphatic carbocycles. The molecule has 2 aromatic carbocycles. The Hall–Kier alpha value is -2.38. The van der Waals surface area contributed by atoms with Gasteiger partial charge >= 0.3 is 0 Å². The van der Waals surface area contributed by atoms with Gasteiger partial charge in [0, 0.05) is 26.0 Å². The van der Waals surface area contributed by atoms with Crippen molar-refractivity contribution < 1.29 is 14.6 Å². The van der Waals surface area contributed by atoms with Crippen molar-refractivity contribution in [2.45, 2.75) is 31.6 Å². The van der Waals surface area contributed by atoms with Crippen molar-refractivity contribution in [3.8, 4) is 5.75 Å². The standard InChI is InChI=1S/C24H31N3O3.ClH/c1-4-22(18-9-6-5-7-10-18)30-17-20(28)16-26-23(24-25-13-14-27(24)2)19-11-8-12-21(15-19)29-3;/h5-15,20,22-23,26,28H,4,16-17H2,1-3H3;1H. The number of aliphatic hydroxyl groups excluding tert-OH is 1. The van der Waals surface area contributed by atoms with Crippen LogP contribution < -0.4 is 10.1 Å². The minimum absolute atomic E-state index is 0. The minimum Gasteiger partial charge on any atom is -0.497 e. The zero-order valence-electron chi connectivity index (χ0n) is 18.3. The van der Waals surface area contributed by atoms with E-state index in [0.29, 0.717) is 6.54 Å². The monoisotopic (exact) mass is 445 g/mol. The normalized spacial score (nSPS) is 13.8. The molecule has 6 nitrogen and oxygen atoms in total. The first kappa shape index (κ1) is 24.9. The first-order valence-corrected chi connectivity index (χ1v) is 10.3. The molecule has 1 aromatic heterocycles. The molecule has 168 valence electrons. The number of nitrogens with one attached hydrogen (secondary N) is 1. The Labute approximate surface area is 190 Å². The fourth-order valence-electron chi connectivity index (χ4n) is 3.49. The van der Waals surface area contributed by atoms with E-state index < -0.39 is 6.10 Å². The molecule has 3 rings (SSSR count). The van der Waals surface area contributed by atoms with Crippen molar-refractivity contribution in [1.29, 1.82) is 0 Å². The Balaban J connectivity index is 0.00000341. The molecule has 31 heavy (non-hydrogen) atoms. The number of rotatable bonds is 11. The van der Waals surface area contributed by atoms with Gasteiger partial charge in [-0.05, 0) is 29.7 Å². The highest BCUT2D eigenvalue weighted by Gasteiger charge is 2.20. The van der Waals surface area contributed by atoms with Crippen molar-refractivity contribution in [2.75, 3.05) is 20.3 Å². The Bertz CT molecular complexity index is 904. The molecule has 0 saturated carbocycles. The Morgan fingerprint density at radius 1 is 1.10 bits per heavy atom. The number of halogens is 1. The zero-order valence-corrected chi connectivity index (χ0v) is 19.1. The maximum absolute atomic E-state index is 10.6. The first-order chi connectivity index (χ1) is 14.6. The third-order valence-electron chi connectivity index (χ3n) is 5.13. The van der Waals surface area contributed by atoms with Crippen LogP contribution in [0.4, 0.5) is 0 Å². The van der Waals surface area contributed by atoms with Crippen LogP contribution in [0.5, 0.6) is 5.75 Å². The van der Waals surface area contributed by atoms with E-state index in [1.807, 2.05) is 60.3 Å². The molecule has 1 heterocycles. The number of hydrogen-bond acceptors (Lipinski definition) is 5. The van der Waals surface area contributed by atoms with Gasteiger partial charge in [-0.2, -0.15) is 0 Å². The van der Waals surface area contributed by atoms with E-state index in [0.717, 1.165) is 29.1 Å². The van der Waals surface area contributed by atoms with Crippen molar-refractivity contribution in [2.24, 2.45) is 7.05 Å². The van der Waals surface area contributed by atoms with Gasteiger partial charge in [-0.3, -0.25) is 0 Å². The molecule has 0 radical (unpaired) electrons. The lowest BCUT2D eigenvalue weighted by Crippen LogP contribution is -2.35. The van der Waals surface area contributed by atoms with E-state index in [1.165, 1.54) is 0 Å². The first-order valence-electron chi connectivity index (χ1n) is 10.3. The fourth-order valence-corrected chi connectivity index (χ4v) is 3.49. The van der Waals surface area contributed by atoms with Gasteiger partial charge in [0.05, 0.1) is 32.0 Å². The van der Waals surface area contributed by atoms with E-state index in [9.17, 15) is 5.11 Å². The van der Waals surface area contributed by atoms with Crippen molar-refractivity contribution in [3.63, 3.8) is 0 Å². The summed E-state index contributed by atoms with van der Waals surface area (Å²) in [7, 11) is 3.61. The molecule has 2 N–H and O–H groups in total. The summed E-state index contributed by atoms with van der Waals surface area (Å²) >= 11 is 0. The fraction of sp³-hybridized carbons (Fsp3) is 0.375. The number of ether oxygens (including phenoxy) is 2. The van der Waals surface area contributed by atoms with Gasteiger partial charge in [0.15, 0.2) is 0 Å². The summed E-state index contributed by atoms with van der Waals surface area (Å²) in [6.07, 6.45) is 3.87. The second-order valence-corrected chi connectivity index (χ2v) is 7.31. The number of methoxy groups -OCH3 is 1. The molecule has 0 bridgehead atoms. The highest BCUT2D eigenvalue weighted by atomic mass is 35.5. The van der Waals surface area contributed by atoms with Crippen LogP contribution in [0, 0.1) is 0 Å². The summed E-state index contributed by atoms with van der Waals surface area (Å²) in [6, 6.07) is 17.8. The van der Waals surface area contributed by atoms with Gasteiger partial charge in [-0.1, -0.05) is 49.4 Å². The van der Waals surface area contributed by atoms with Gasteiger partial charge in [-0.15, -0.1) is 12.4 Å². The molecule has 0 saturated heterocycles. The maximum atomic E-state index is 10.6. The minimum atomic E-state index is -0.642. The average molecular weight is 446 g/mol. The van der Waals surface area contributed by atoms with Crippen LogP contribution in [0.1, 0.15) is 42.4 Å². The summed E-state index contributed by atoms with van der Waals surface area (Å²) < 4.78 is 13.3. The van der Waals surface area contributed by atoms with Crippen LogP contribution in [0.3, 0.4) is 0 Å². The molecular weight excluding hydrogens is 414 g/mol. The lowest BCUT2D eigenvalue weighted by Gasteiger charge is -2.23. The summed E-state index contributed by atoms with van der Waals surface area (Å²) in [5.41, 5.74) is 2.15. The molecule has 3 unspecified atom stereocenters. The molecule has 0 fully saturated rings. The molecule has 3 aromatic rings. The summed E-state index contributed by atoms with van der Waals surface area (Å²) in [4.78, 5) is 4.50. The highest BCUT2D eigenvalue weighted by Crippen LogP contribution is 2.24. The number of imidazole rings is 1. The van der Waals surface area contributed by atoms with E-state index >= 15 is 0 Å². The Kier molecular flexibility index (Phi) is 10.0. The molecule has 7 heteroatoms. The quantitative estimate of drug-likeness (QED) is 0.466. The smallest absolute Gasteiger partial charge is 0.130 e. The molecular formula is C24H32ClN3O3. The highest BCUT2D eigenvalue weighted by molar-refractivity contribution is 5.85. The lowest BCUT2D eigenvalue weighted by atomic mass is 10.1. The Morgan fingerprint density at radius 2 is 1.84 bits per heavy atom. The summed E-state index contributed by atoms with van der Waals surface area (Å²) in [6.45, 7) is 2.72. The van der Waals surface area contributed by atoms with Crippen molar-refractivity contribution >= 4 is 12.4 Å². The van der Waals surface area contributed by atoms with Gasteiger partial charge in [0.2, 0.25) is 0 Å². The number of benzene rings is 2. The van der Waals surface area contributed by atoms with Crippen LogP contribution in [0.2, 0.25) is 0 Å². The second kappa shape index (κ2) is 12.5. The average Bonchev–Trinajstić information content (AvgIpc) is 3.21. The Morgan fingerprint density at radius 3 is 2.48 bits per heavy atom. The van der Waals surface area contributed by atoms with E-state index in [-0.39, 0.29) is 31.2 Å². The van der Waals surface area contributed by atoms with Crippen LogP contribution in [0.15, 0.2) is 67.0 Å². The SMILES string of the molecule is CCC(OCC(O)CNC(c1cccc(OC)c1)c1nccn1C)c1ccccc1.Cl. The lowest BCUT2D eigenvalue weighted by molar-refractivity contribution is -0.0119. The molecule has 0 amide bonds. The molecule has 0 aliphatic rings. The second-order valence-electron chi connectivity index (χ2n) is 7.31. The topological polar surface area (TPSA) is 68.5 Å². The van der Waals surface area contributed by atoms with Gasteiger partial charge in [0.25, 0.3) is 0 Å². The molecule has 0 spiro atoms. The number of aromatic nitrogens is 2. The van der Waals surface area contributed by atoms with Gasteiger partial charge < -0.3 is 24.5 Å². The number of aryl methyl sites for hydroxylation is 1. The van der Waals surface area contributed by atoms with Gasteiger partial charge in [-0.25, -0.2) is 4.98 Å².